The lowest BCUT2D eigenvalue weighted by atomic mass is 10.3. The Morgan fingerprint density at radius 1 is 1.12 bits per heavy atom. The van der Waals surface area contributed by atoms with E-state index in [1.807, 2.05) is 30.3 Å². The minimum absolute atomic E-state index is 0.0958. The van der Waals surface area contributed by atoms with Gasteiger partial charge in [0.1, 0.15) is 12.1 Å². The lowest BCUT2D eigenvalue weighted by Gasteiger charge is -2.12. The zero-order chi connectivity index (χ0) is 18.4. The van der Waals surface area contributed by atoms with Crippen LogP contribution in [0.5, 0.6) is 5.75 Å². The van der Waals surface area contributed by atoms with Crippen LogP contribution in [0.1, 0.15) is 5.82 Å². The number of hydrogen-bond acceptors (Lipinski definition) is 4. The number of nitrogens with one attached hydrogen (secondary N) is 2. The average Bonchev–Trinajstić information content (AvgIpc) is 3.10. The van der Waals surface area contributed by atoms with Gasteiger partial charge in [-0.3, -0.25) is 4.57 Å². The van der Waals surface area contributed by atoms with Gasteiger partial charge in [-0.2, -0.15) is 8.78 Å². The number of carbonyl (C=O) groups excluding carboxylic acids is 1. The monoisotopic (exact) mass is 359 g/mol. The van der Waals surface area contributed by atoms with Crippen molar-refractivity contribution >= 4 is 11.7 Å². The van der Waals surface area contributed by atoms with E-state index in [0.29, 0.717) is 5.82 Å². The van der Waals surface area contributed by atoms with Crippen molar-refractivity contribution in [3.63, 3.8) is 0 Å². The van der Waals surface area contributed by atoms with Crippen molar-refractivity contribution in [2.75, 3.05) is 5.32 Å². The lowest BCUT2D eigenvalue weighted by molar-refractivity contribution is -0.0493. The zero-order valence-corrected chi connectivity index (χ0v) is 13.5. The predicted molar refractivity (Wildman–Crippen MR) is 90.3 cm³/mol. The number of amides is 2. The maximum absolute atomic E-state index is 12.4. The van der Waals surface area contributed by atoms with Crippen LogP contribution in [0.25, 0.3) is 5.69 Å². The number of benzene rings is 2. The molecule has 3 aromatic rings. The predicted octanol–water partition coefficient (Wildman–Crippen LogP) is 3.19. The number of para-hydroxylation sites is 3. The minimum Gasteiger partial charge on any atom is -0.433 e. The molecule has 1 aromatic heterocycles. The quantitative estimate of drug-likeness (QED) is 0.708. The van der Waals surface area contributed by atoms with Crippen molar-refractivity contribution < 1.29 is 18.3 Å². The Bertz CT molecular complexity index is 870. The van der Waals surface area contributed by atoms with Gasteiger partial charge in [0.15, 0.2) is 5.82 Å². The molecular formula is C17H15F2N5O2. The summed E-state index contributed by atoms with van der Waals surface area (Å²) >= 11 is 0. The molecule has 3 rings (SSSR count). The summed E-state index contributed by atoms with van der Waals surface area (Å²) in [6.45, 7) is -2.89. The van der Waals surface area contributed by atoms with Gasteiger partial charge in [0.05, 0.1) is 12.2 Å². The molecule has 0 radical (unpaired) electrons. The molecular weight excluding hydrogens is 344 g/mol. The van der Waals surface area contributed by atoms with Crippen LogP contribution in [-0.2, 0) is 6.54 Å². The number of anilines is 1. The van der Waals surface area contributed by atoms with Gasteiger partial charge >= 0.3 is 12.6 Å². The topological polar surface area (TPSA) is 81.1 Å². The standard InChI is InChI=1S/C17H15F2N5O2/c18-16(19)26-14-9-5-4-8-13(14)22-17(25)20-10-15-23-21-11-24(15)12-6-2-1-3-7-12/h1-9,11,16H,10H2,(H2,20,22,25). The van der Waals surface area contributed by atoms with E-state index in [1.165, 1.54) is 24.5 Å². The van der Waals surface area contributed by atoms with Gasteiger partial charge in [0.25, 0.3) is 0 Å². The summed E-state index contributed by atoms with van der Waals surface area (Å²) in [6.07, 6.45) is 1.54. The largest absolute Gasteiger partial charge is 0.433 e. The molecule has 7 nitrogen and oxygen atoms in total. The van der Waals surface area contributed by atoms with Gasteiger partial charge in [-0.05, 0) is 24.3 Å². The van der Waals surface area contributed by atoms with Crippen LogP contribution in [0.4, 0.5) is 19.3 Å². The van der Waals surface area contributed by atoms with Crippen molar-refractivity contribution in [2.24, 2.45) is 0 Å². The number of urea groups is 1. The maximum Gasteiger partial charge on any atom is 0.387 e. The first-order valence-electron chi connectivity index (χ1n) is 7.66. The molecule has 0 saturated heterocycles. The third kappa shape index (κ3) is 4.32. The molecule has 1 heterocycles. The van der Waals surface area contributed by atoms with Gasteiger partial charge < -0.3 is 15.4 Å². The third-order valence-electron chi connectivity index (χ3n) is 3.41. The van der Waals surface area contributed by atoms with Gasteiger partial charge in [-0.15, -0.1) is 10.2 Å². The number of nitrogens with zero attached hydrogens (tertiary/aromatic N) is 3. The first-order valence-corrected chi connectivity index (χ1v) is 7.66. The van der Waals surface area contributed by atoms with Crippen molar-refractivity contribution in [1.82, 2.24) is 20.1 Å². The molecule has 0 aliphatic carbocycles. The van der Waals surface area contributed by atoms with Crippen LogP contribution in [0.3, 0.4) is 0 Å². The van der Waals surface area contributed by atoms with E-state index in [4.69, 9.17) is 0 Å². The second-order valence-corrected chi connectivity index (χ2v) is 5.14. The highest BCUT2D eigenvalue weighted by Gasteiger charge is 2.12. The normalized spacial score (nSPS) is 10.6. The molecule has 0 saturated carbocycles. The molecule has 2 amide bonds. The molecule has 2 N–H and O–H groups in total. The van der Waals surface area contributed by atoms with E-state index in [9.17, 15) is 13.6 Å². The van der Waals surface area contributed by atoms with Gasteiger partial charge in [0.2, 0.25) is 0 Å². The Balaban J connectivity index is 1.64. The summed E-state index contributed by atoms with van der Waals surface area (Å²) in [4.78, 5) is 12.1. The highest BCUT2D eigenvalue weighted by molar-refractivity contribution is 5.90. The van der Waals surface area contributed by atoms with Crippen molar-refractivity contribution in [3.05, 3.63) is 66.7 Å². The SMILES string of the molecule is O=C(NCc1nncn1-c1ccccc1)Nc1ccccc1OC(F)F. The fourth-order valence-corrected chi connectivity index (χ4v) is 2.28. The summed E-state index contributed by atoms with van der Waals surface area (Å²) in [5.74, 6) is 0.397. The highest BCUT2D eigenvalue weighted by atomic mass is 19.3. The Morgan fingerprint density at radius 2 is 1.85 bits per heavy atom. The second-order valence-electron chi connectivity index (χ2n) is 5.14. The fourth-order valence-electron chi connectivity index (χ4n) is 2.28. The molecule has 26 heavy (non-hydrogen) atoms. The smallest absolute Gasteiger partial charge is 0.387 e. The minimum atomic E-state index is -2.98. The van der Waals surface area contributed by atoms with E-state index < -0.39 is 12.6 Å². The molecule has 0 fully saturated rings. The van der Waals surface area contributed by atoms with E-state index in [1.54, 1.807) is 10.6 Å². The highest BCUT2D eigenvalue weighted by Crippen LogP contribution is 2.25. The molecule has 2 aromatic carbocycles. The van der Waals surface area contributed by atoms with E-state index in [2.05, 4.69) is 25.6 Å². The zero-order valence-electron chi connectivity index (χ0n) is 13.5. The van der Waals surface area contributed by atoms with Crippen LogP contribution in [-0.4, -0.2) is 27.4 Å². The van der Waals surface area contributed by atoms with Crippen molar-refractivity contribution in [3.8, 4) is 11.4 Å². The van der Waals surface area contributed by atoms with Crippen molar-refractivity contribution in [1.29, 1.82) is 0 Å². The first-order chi connectivity index (χ1) is 12.6. The number of rotatable bonds is 6. The number of aromatic nitrogens is 3. The molecule has 0 aliphatic rings. The molecule has 0 unspecified atom stereocenters. The summed E-state index contributed by atoms with van der Waals surface area (Å²) in [5.41, 5.74) is 0.986. The van der Waals surface area contributed by atoms with Crippen molar-refractivity contribution in [2.45, 2.75) is 13.2 Å². The van der Waals surface area contributed by atoms with Gasteiger partial charge in [-0.25, -0.2) is 4.79 Å². The van der Waals surface area contributed by atoms with Crippen LogP contribution < -0.4 is 15.4 Å². The second kappa shape index (κ2) is 8.06. The molecule has 0 aliphatic heterocycles. The van der Waals surface area contributed by atoms with E-state index >= 15 is 0 Å². The Hall–Kier alpha value is -3.49. The molecule has 0 spiro atoms. The Labute approximate surface area is 147 Å². The van der Waals surface area contributed by atoms with Gasteiger partial charge in [-0.1, -0.05) is 30.3 Å². The lowest BCUT2D eigenvalue weighted by Crippen LogP contribution is -2.29. The number of halogens is 2. The number of ether oxygens (including phenoxy) is 1. The molecule has 9 heteroatoms. The van der Waals surface area contributed by atoms with Crippen LogP contribution in [0.15, 0.2) is 60.9 Å². The summed E-state index contributed by atoms with van der Waals surface area (Å²) < 4.78 is 30.9. The Morgan fingerprint density at radius 3 is 2.62 bits per heavy atom. The summed E-state index contributed by atoms with van der Waals surface area (Å²) in [7, 11) is 0. The van der Waals surface area contributed by atoms with Gasteiger partial charge in [0, 0.05) is 5.69 Å². The van der Waals surface area contributed by atoms with Crippen LogP contribution in [0.2, 0.25) is 0 Å². The average molecular weight is 359 g/mol. The first kappa shape index (κ1) is 17.3. The Kier molecular flexibility index (Phi) is 5.37. The molecule has 0 atom stereocenters. The number of carbonyl (C=O) groups is 1. The maximum atomic E-state index is 12.4. The third-order valence-corrected chi connectivity index (χ3v) is 3.41. The number of alkyl halides is 2. The summed E-state index contributed by atoms with van der Waals surface area (Å²) in [5, 5.41) is 12.9. The summed E-state index contributed by atoms with van der Waals surface area (Å²) in [6, 6.07) is 14.7. The fraction of sp³-hybridized carbons (Fsp3) is 0.118. The van der Waals surface area contributed by atoms with E-state index in [-0.39, 0.29) is 18.0 Å². The van der Waals surface area contributed by atoms with Crippen LogP contribution >= 0.6 is 0 Å². The molecule has 0 bridgehead atoms. The van der Waals surface area contributed by atoms with Crippen LogP contribution in [0, 0.1) is 0 Å². The molecule has 134 valence electrons. The van der Waals surface area contributed by atoms with E-state index in [0.717, 1.165) is 5.69 Å². The number of hydrogen-bond donors (Lipinski definition) is 2.